The van der Waals surface area contributed by atoms with Gasteiger partial charge in [-0.3, -0.25) is 9.59 Å². The summed E-state index contributed by atoms with van der Waals surface area (Å²) in [5, 5.41) is 6.30. The molecule has 0 saturated heterocycles. The second-order valence-corrected chi connectivity index (χ2v) is 11.6. The first-order valence-electron chi connectivity index (χ1n) is 12.4. The van der Waals surface area contributed by atoms with Gasteiger partial charge in [-0.2, -0.15) is 0 Å². The van der Waals surface area contributed by atoms with Crippen molar-refractivity contribution in [3.05, 3.63) is 82.4 Å². The average Bonchev–Trinajstić information content (AvgIpc) is 2.88. The summed E-state index contributed by atoms with van der Waals surface area (Å²) >= 11 is 6.41. The molecule has 0 aliphatic carbocycles. The van der Waals surface area contributed by atoms with Gasteiger partial charge in [-0.25, -0.2) is 8.42 Å². The third-order valence-electron chi connectivity index (χ3n) is 6.24. The van der Waals surface area contributed by atoms with Crippen LogP contribution in [0.1, 0.15) is 37.5 Å². The molecule has 0 spiro atoms. The number of carbonyl (C=O) groups excluding carboxylic acids is 2. The van der Waals surface area contributed by atoms with E-state index >= 15 is 0 Å². The summed E-state index contributed by atoms with van der Waals surface area (Å²) in [4.78, 5) is 25.2. The summed E-state index contributed by atoms with van der Waals surface area (Å²) in [6, 6.07) is 16.4. The molecule has 0 fully saturated rings. The molecule has 1 atom stereocenters. The summed E-state index contributed by atoms with van der Waals surface area (Å²) in [6.07, 6.45) is -0.170. The van der Waals surface area contributed by atoms with Crippen molar-refractivity contribution in [2.45, 2.75) is 44.2 Å². The number of nitrogens with two attached hydrogens (primary N) is 2. The van der Waals surface area contributed by atoms with E-state index in [-0.39, 0.29) is 29.5 Å². The lowest BCUT2D eigenvalue weighted by molar-refractivity contribution is -0.122. The fourth-order valence-electron chi connectivity index (χ4n) is 4.31. The second-order valence-electron chi connectivity index (χ2n) is 8.95. The number of benzene rings is 3. The minimum absolute atomic E-state index is 0.0315. The van der Waals surface area contributed by atoms with Crippen molar-refractivity contribution in [1.82, 2.24) is 0 Å². The highest BCUT2D eigenvalue weighted by molar-refractivity contribution is 7.91. The number of hydrogen-bond donors (Lipinski definition) is 4. The molecule has 0 aliphatic heterocycles. The lowest BCUT2D eigenvalue weighted by atomic mass is 9.82. The normalized spacial score (nSPS) is 12.8. The molecule has 6 N–H and O–H groups in total. The van der Waals surface area contributed by atoms with E-state index in [1.807, 2.05) is 6.92 Å². The van der Waals surface area contributed by atoms with E-state index in [2.05, 4.69) is 10.6 Å². The highest BCUT2D eigenvalue weighted by Gasteiger charge is 2.41. The van der Waals surface area contributed by atoms with E-state index < -0.39 is 21.3 Å². The van der Waals surface area contributed by atoms with Gasteiger partial charge in [-0.1, -0.05) is 36.7 Å². The van der Waals surface area contributed by atoms with Crippen molar-refractivity contribution in [2.75, 3.05) is 23.0 Å². The molecule has 3 rings (SSSR count). The number of rotatable bonds is 12. The average molecular weight is 573 g/mol. The Hall–Kier alpha value is -3.60. The molecule has 208 valence electrons. The Balaban J connectivity index is 2.29. The van der Waals surface area contributed by atoms with Gasteiger partial charge in [0.1, 0.15) is 11.3 Å². The number of amides is 2. The first-order chi connectivity index (χ1) is 18.4. The van der Waals surface area contributed by atoms with Crippen LogP contribution in [0, 0.1) is 0 Å². The summed E-state index contributed by atoms with van der Waals surface area (Å²) in [6.45, 7) is 5.34. The summed E-state index contributed by atoms with van der Waals surface area (Å²) in [5.41, 5.74) is 12.5. The second kappa shape index (κ2) is 12.5. The number of hydrogen-bond acceptors (Lipinski definition) is 7. The first-order valence-corrected chi connectivity index (χ1v) is 14.4. The molecule has 3 aromatic rings. The Morgan fingerprint density at radius 2 is 1.72 bits per heavy atom. The minimum atomic E-state index is -3.71. The molecule has 0 bridgehead atoms. The van der Waals surface area contributed by atoms with Gasteiger partial charge in [0.05, 0.1) is 17.3 Å². The molecule has 39 heavy (non-hydrogen) atoms. The Kier molecular flexibility index (Phi) is 9.60. The fraction of sp³-hybridized carbons (Fsp3) is 0.286. The van der Waals surface area contributed by atoms with Gasteiger partial charge in [0.25, 0.3) is 0 Å². The first kappa shape index (κ1) is 29.9. The third-order valence-corrected chi connectivity index (χ3v) is 8.42. The zero-order valence-corrected chi connectivity index (χ0v) is 23.7. The van der Waals surface area contributed by atoms with Gasteiger partial charge in [0.15, 0.2) is 9.84 Å². The minimum Gasteiger partial charge on any atom is -0.494 e. The van der Waals surface area contributed by atoms with Crippen molar-refractivity contribution >= 4 is 44.6 Å². The number of halogens is 1. The smallest absolute Gasteiger partial charge is 0.248 e. The van der Waals surface area contributed by atoms with E-state index in [1.54, 1.807) is 48.5 Å². The molecule has 2 amide bonds. The van der Waals surface area contributed by atoms with Crippen molar-refractivity contribution < 1.29 is 22.7 Å². The van der Waals surface area contributed by atoms with Crippen LogP contribution >= 0.6 is 11.6 Å². The summed E-state index contributed by atoms with van der Waals surface area (Å²) < 4.78 is 31.8. The Morgan fingerprint density at radius 3 is 2.31 bits per heavy atom. The van der Waals surface area contributed by atoms with Crippen LogP contribution < -0.4 is 26.8 Å². The zero-order chi connectivity index (χ0) is 28.8. The lowest BCUT2D eigenvalue weighted by Crippen LogP contribution is -2.49. The third kappa shape index (κ3) is 6.89. The molecular formula is C28H33ClN4O5S. The van der Waals surface area contributed by atoms with Crippen LogP contribution in [0.5, 0.6) is 5.75 Å². The molecule has 3 aromatic carbocycles. The van der Waals surface area contributed by atoms with Gasteiger partial charge in [-0.05, 0) is 66.1 Å². The molecule has 0 saturated carbocycles. The van der Waals surface area contributed by atoms with E-state index in [9.17, 15) is 18.0 Å². The molecule has 0 radical (unpaired) electrons. The predicted molar refractivity (Wildman–Crippen MR) is 154 cm³/mol. The molecule has 9 nitrogen and oxygen atoms in total. The molecule has 0 heterocycles. The number of carbonyl (C=O) groups is 2. The quantitative estimate of drug-likeness (QED) is 0.256. The number of primary amides is 1. The van der Waals surface area contributed by atoms with Gasteiger partial charge < -0.3 is 26.8 Å². The maximum Gasteiger partial charge on any atom is 0.248 e. The number of ether oxygens (including phenoxy) is 1. The fourth-order valence-corrected chi connectivity index (χ4v) is 5.68. The van der Waals surface area contributed by atoms with E-state index in [1.165, 1.54) is 26.0 Å². The summed E-state index contributed by atoms with van der Waals surface area (Å²) in [5.74, 6) is -0.746. The van der Waals surface area contributed by atoms with Crippen molar-refractivity contribution in [3.8, 4) is 5.75 Å². The molecular weight excluding hydrogens is 540 g/mol. The van der Waals surface area contributed by atoms with Crippen molar-refractivity contribution in [2.24, 2.45) is 11.5 Å². The van der Waals surface area contributed by atoms with E-state index in [4.69, 9.17) is 27.8 Å². The van der Waals surface area contributed by atoms with E-state index in [0.29, 0.717) is 45.4 Å². The monoisotopic (exact) mass is 572 g/mol. The Bertz CT molecular complexity index is 1480. The zero-order valence-electron chi connectivity index (χ0n) is 22.1. The molecule has 11 heteroatoms. The van der Waals surface area contributed by atoms with Crippen LogP contribution in [0.25, 0.3) is 0 Å². The number of nitrogens with one attached hydrogen (secondary N) is 2. The number of sulfone groups is 1. The maximum atomic E-state index is 13.4. The molecule has 1 unspecified atom stereocenters. The predicted octanol–water partition coefficient (Wildman–Crippen LogP) is 3.98. The van der Waals surface area contributed by atoms with Crippen LogP contribution in [0.4, 0.5) is 11.4 Å². The maximum absolute atomic E-state index is 13.4. The SMILES string of the molecule is CCOc1cccc(C(Cc2cc(NC(C)=O)ccc2S(=O)(=O)CC)(Nc2ccc(CN)c(Cl)c2)C(N)=O)c1. The van der Waals surface area contributed by atoms with Crippen LogP contribution in [0.2, 0.25) is 5.02 Å². The van der Waals surface area contributed by atoms with Gasteiger partial charge in [-0.15, -0.1) is 0 Å². The molecule has 0 aromatic heterocycles. The van der Waals surface area contributed by atoms with Crippen LogP contribution in [0.3, 0.4) is 0 Å². The molecule has 0 aliphatic rings. The van der Waals surface area contributed by atoms with Crippen LogP contribution in [0.15, 0.2) is 65.6 Å². The largest absolute Gasteiger partial charge is 0.494 e. The van der Waals surface area contributed by atoms with Crippen LogP contribution in [-0.2, 0) is 37.9 Å². The van der Waals surface area contributed by atoms with Crippen LogP contribution in [-0.4, -0.2) is 32.6 Å². The van der Waals surface area contributed by atoms with Crippen molar-refractivity contribution in [3.63, 3.8) is 0 Å². The van der Waals surface area contributed by atoms with Gasteiger partial charge >= 0.3 is 0 Å². The number of anilines is 2. The standard InChI is InChI=1S/C28H33ClN4O5S/c1-4-38-24-8-6-7-21(14-24)28(27(31)35,33-23-10-9-19(17-30)25(29)15-23)16-20-13-22(32-18(3)34)11-12-26(20)39(36,37)5-2/h6-15,33H,4-5,16-17,30H2,1-3H3,(H2,31,35)(H,32,34). The Labute approximate surface area is 233 Å². The Morgan fingerprint density at radius 1 is 1.00 bits per heavy atom. The lowest BCUT2D eigenvalue weighted by Gasteiger charge is -2.34. The van der Waals surface area contributed by atoms with Gasteiger partial charge in [0.2, 0.25) is 11.8 Å². The summed E-state index contributed by atoms with van der Waals surface area (Å²) in [7, 11) is -3.71. The van der Waals surface area contributed by atoms with Gasteiger partial charge in [0, 0.05) is 36.3 Å². The highest BCUT2D eigenvalue weighted by atomic mass is 35.5. The van der Waals surface area contributed by atoms with Crippen molar-refractivity contribution in [1.29, 1.82) is 0 Å². The highest BCUT2D eigenvalue weighted by Crippen LogP contribution is 2.36. The topological polar surface area (TPSA) is 154 Å². The van der Waals surface area contributed by atoms with E-state index in [0.717, 1.165) is 0 Å².